The summed E-state index contributed by atoms with van der Waals surface area (Å²) in [7, 11) is -1.08. The van der Waals surface area contributed by atoms with Crippen molar-refractivity contribution in [3.05, 3.63) is 103 Å². The van der Waals surface area contributed by atoms with Gasteiger partial charge < -0.3 is 14.8 Å². The topological polar surface area (TPSA) is 81.7 Å². The molecule has 1 N–H and O–H groups in total. The number of nitrogens with one attached hydrogen (secondary N) is 1. The zero-order valence-electron chi connectivity index (χ0n) is 23.7. The Morgan fingerprint density at radius 2 is 1.38 bits per heavy atom. The fourth-order valence-electron chi connectivity index (χ4n) is 3.93. The highest BCUT2D eigenvalue weighted by molar-refractivity contribution is 7.80. The second-order valence-electron chi connectivity index (χ2n) is 10.4. The largest absolute Gasteiger partial charge is 0.471 e. The van der Waals surface area contributed by atoms with Crippen LogP contribution in [-0.4, -0.2) is 41.8 Å². The first-order valence-corrected chi connectivity index (χ1v) is 14.6. The van der Waals surface area contributed by atoms with E-state index in [1.54, 1.807) is 45.1 Å². The number of esters is 2. The van der Waals surface area contributed by atoms with Gasteiger partial charge in [-0.25, -0.2) is 9.59 Å². The second-order valence-corrected chi connectivity index (χ2v) is 12.5. The maximum Gasteiger partial charge on any atom is 0.471 e. The van der Waals surface area contributed by atoms with Gasteiger partial charge in [-0.05, 0) is 70.1 Å². The van der Waals surface area contributed by atoms with Crippen molar-refractivity contribution in [1.82, 2.24) is 5.32 Å². The minimum absolute atomic E-state index is 0.303. The van der Waals surface area contributed by atoms with Crippen LogP contribution in [0.2, 0.25) is 0 Å². The molecule has 0 aliphatic heterocycles. The van der Waals surface area contributed by atoms with Crippen LogP contribution in [0.25, 0.3) is 0 Å². The maximum atomic E-state index is 13.4. The van der Waals surface area contributed by atoms with Crippen LogP contribution in [0.1, 0.15) is 44.5 Å². The molecular weight excluding hydrogens is 566 g/mol. The molecule has 0 heterocycles. The molecule has 222 valence electrons. The van der Waals surface area contributed by atoms with Crippen LogP contribution in [0, 0.1) is 0 Å². The molecule has 2 atom stereocenters. The summed E-state index contributed by atoms with van der Waals surface area (Å²) in [5.74, 6) is -3.84. The Labute approximate surface area is 244 Å². The molecule has 6 nitrogen and oxygen atoms in total. The minimum Gasteiger partial charge on any atom is -0.458 e. The fraction of sp³-hybridized carbons (Fsp3) is 0.281. The molecule has 42 heavy (non-hydrogen) atoms. The van der Waals surface area contributed by atoms with E-state index >= 15 is 0 Å². The molecule has 0 unspecified atom stereocenters. The number of carbonyl (C=O) groups excluding carboxylic acids is 3. The predicted molar refractivity (Wildman–Crippen MR) is 158 cm³/mol. The molecule has 1 amide bonds. The number of alkyl halides is 3. The van der Waals surface area contributed by atoms with Crippen LogP contribution in [0.5, 0.6) is 0 Å². The lowest BCUT2D eigenvalue weighted by molar-refractivity contribution is -0.177. The van der Waals surface area contributed by atoms with Gasteiger partial charge in [-0.2, -0.15) is 13.2 Å². The van der Waals surface area contributed by atoms with Crippen LogP contribution in [-0.2, 0) is 19.1 Å². The Morgan fingerprint density at radius 1 is 0.857 bits per heavy atom. The molecule has 10 heteroatoms. The van der Waals surface area contributed by atoms with E-state index < -0.39 is 49.7 Å². The summed E-state index contributed by atoms with van der Waals surface area (Å²) in [6.07, 6.45) is -3.45. The van der Waals surface area contributed by atoms with Gasteiger partial charge in [0.1, 0.15) is 17.7 Å². The lowest BCUT2D eigenvalue weighted by Gasteiger charge is -2.24. The monoisotopic (exact) mass is 599 g/mol. The van der Waals surface area contributed by atoms with Crippen molar-refractivity contribution in [2.24, 2.45) is 0 Å². The first-order valence-electron chi connectivity index (χ1n) is 13.2. The summed E-state index contributed by atoms with van der Waals surface area (Å²) in [4.78, 5) is 37.3. The molecule has 3 rings (SSSR count). The van der Waals surface area contributed by atoms with Gasteiger partial charge in [0.25, 0.3) is 0 Å². The number of ether oxygens (including phenoxy) is 2. The average molecular weight is 600 g/mol. The first kappa shape index (κ1) is 32.5. The first-order chi connectivity index (χ1) is 19.8. The Hall–Kier alpha value is -3.97. The summed E-state index contributed by atoms with van der Waals surface area (Å²) < 4.78 is 49.3. The van der Waals surface area contributed by atoms with Gasteiger partial charge in [0.15, 0.2) is 0 Å². The molecule has 0 fully saturated rings. The Bertz CT molecular complexity index is 1350. The van der Waals surface area contributed by atoms with Gasteiger partial charge in [0.2, 0.25) is 0 Å². The summed E-state index contributed by atoms with van der Waals surface area (Å²) in [5.41, 5.74) is -0.586. The molecule has 0 bridgehead atoms. The molecule has 0 saturated carbocycles. The van der Waals surface area contributed by atoms with E-state index in [4.69, 9.17) is 9.47 Å². The summed E-state index contributed by atoms with van der Waals surface area (Å²) in [6.45, 7) is 6.27. The molecule has 3 aromatic carbocycles. The third kappa shape index (κ3) is 9.55. The summed E-state index contributed by atoms with van der Waals surface area (Å²) >= 11 is 0. The molecule has 0 radical (unpaired) electrons. The number of carbonyl (C=O) groups is 3. The Morgan fingerprint density at radius 3 is 1.90 bits per heavy atom. The van der Waals surface area contributed by atoms with Crippen molar-refractivity contribution >= 4 is 41.7 Å². The molecule has 0 aliphatic rings. The van der Waals surface area contributed by atoms with E-state index in [9.17, 15) is 27.6 Å². The van der Waals surface area contributed by atoms with Crippen molar-refractivity contribution in [3.63, 3.8) is 0 Å². The number of benzene rings is 3. The smallest absolute Gasteiger partial charge is 0.458 e. The normalized spacial score (nSPS) is 13.4. The van der Waals surface area contributed by atoms with Crippen LogP contribution >= 0.6 is 7.92 Å². The van der Waals surface area contributed by atoms with E-state index in [1.165, 1.54) is 12.2 Å². The highest BCUT2D eigenvalue weighted by Crippen LogP contribution is 2.34. The van der Waals surface area contributed by atoms with Crippen LogP contribution in [0.4, 0.5) is 13.2 Å². The number of hydrogen-bond acceptors (Lipinski definition) is 5. The summed E-state index contributed by atoms with van der Waals surface area (Å²) in [5, 5.41) is 4.60. The molecule has 0 aliphatic carbocycles. The average Bonchev–Trinajstić information content (AvgIpc) is 2.92. The maximum absolute atomic E-state index is 13.4. The van der Waals surface area contributed by atoms with E-state index in [0.717, 1.165) is 15.9 Å². The van der Waals surface area contributed by atoms with Gasteiger partial charge in [-0.15, -0.1) is 0 Å². The number of rotatable bonds is 10. The third-order valence-electron chi connectivity index (χ3n) is 5.72. The minimum atomic E-state index is -5.17. The number of hydrogen-bond donors (Lipinski definition) is 1. The standard InChI is InChI=1S/C32H33F3NO5P/c1-22(14-13-20-26(29(38)41-31(2,3)4)36-30(39)32(33,34)35)40-28(37)25-19-11-12-21-27(25)42(23-15-7-5-8-16-23)24-17-9-6-10-18-24/h5-19,21-22,26H,20H2,1-4H3,(H,36,39)/b14-13+/t22-,26-/m0/s1. The van der Waals surface area contributed by atoms with Crippen LogP contribution < -0.4 is 21.2 Å². The number of halogens is 3. The van der Waals surface area contributed by atoms with E-state index in [1.807, 2.05) is 72.8 Å². The Balaban J connectivity index is 1.78. The van der Waals surface area contributed by atoms with Gasteiger partial charge in [0.05, 0.1) is 5.56 Å². The second kappa shape index (κ2) is 14.3. The lowest BCUT2D eigenvalue weighted by atomic mass is 10.1. The zero-order chi connectivity index (χ0) is 30.9. The van der Waals surface area contributed by atoms with Crippen molar-refractivity contribution in [3.8, 4) is 0 Å². The molecule has 0 saturated heterocycles. The molecule has 0 spiro atoms. The lowest BCUT2D eigenvalue weighted by Crippen LogP contribution is -2.48. The van der Waals surface area contributed by atoms with Gasteiger partial charge in [-0.3, -0.25) is 4.79 Å². The van der Waals surface area contributed by atoms with Crippen molar-refractivity contribution in [2.45, 2.75) is 58.0 Å². The van der Waals surface area contributed by atoms with Crippen LogP contribution in [0.15, 0.2) is 97.1 Å². The third-order valence-corrected chi connectivity index (χ3v) is 8.22. The Kier molecular flexibility index (Phi) is 11.1. The predicted octanol–water partition coefficient (Wildman–Crippen LogP) is 5.33. The van der Waals surface area contributed by atoms with Gasteiger partial charge in [0, 0.05) is 0 Å². The SMILES string of the molecule is C[C@@H](/C=C/C[C@H](NC(=O)C(F)(F)F)C(=O)OC(C)(C)C)OC(=O)c1ccccc1P(c1ccccc1)c1ccccc1. The fourth-order valence-corrected chi connectivity index (χ4v) is 6.36. The van der Waals surface area contributed by atoms with E-state index in [2.05, 4.69) is 0 Å². The van der Waals surface area contributed by atoms with E-state index in [-0.39, 0.29) is 6.42 Å². The zero-order valence-corrected chi connectivity index (χ0v) is 24.6. The van der Waals surface area contributed by atoms with Gasteiger partial charge in [-0.1, -0.05) is 84.9 Å². The van der Waals surface area contributed by atoms with Crippen LogP contribution in [0.3, 0.4) is 0 Å². The summed E-state index contributed by atoms with van der Waals surface area (Å²) in [6, 6.07) is 25.3. The van der Waals surface area contributed by atoms with Gasteiger partial charge >= 0.3 is 24.0 Å². The molecular formula is C32H33F3NO5P. The highest BCUT2D eigenvalue weighted by Gasteiger charge is 2.41. The van der Waals surface area contributed by atoms with Crippen molar-refractivity contribution in [1.29, 1.82) is 0 Å². The molecule has 3 aromatic rings. The van der Waals surface area contributed by atoms with Crippen molar-refractivity contribution in [2.75, 3.05) is 0 Å². The van der Waals surface area contributed by atoms with E-state index in [0.29, 0.717) is 5.56 Å². The molecule has 0 aromatic heterocycles. The quantitative estimate of drug-likeness (QED) is 0.194. The highest BCUT2D eigenvalue weighted by atomic mass is 31.1. The number of amides is 1. The van der Waals surface area contributed by atoms with Crippen molar-refractivity contribution < 1.29 is 37.0 Å².